The lowest BCUT2D eigenvalue weighted by molar-refractivity contribution is -0.154. The number of hydrogen-bond donors (Lipinski definition) is 2. The van der Waals surface area contributed by atoms with Crippen LogP contribution in [-0.4, -0.2) is 24.5 Å². The molecule has 0 radical (unpaired) electrons. The summed E-state index contributed by atoms with van der Waals surface area (Å²) in [7, 11) is 0. The molecule has 4 N–H and O–H groups in total. The maximum Gasteiger partial charge on any atom is 0.349 e. The molecule has 0 aliphatic carbocycles. The lowest BCUT2D eigenvalue weighted by Crippen LogP contribution is -2.19. The summed E-state index contributed by atoms with van der Waals surface area (Å²) in [5.74, 6) is -1.45. The molecule has 2 aromatic rings. The molecule has 2 aromatic carbocycles. The fourth-order valence-electron chi connectivity index (χ4n) is 1.83. The highest BCUT2D eigenvalue weighted by molar-refractivity contribution is 5.81. The Hall–Kier alpha value is -3.55. The molecule has 0 aliphatic rings. The molecule has 8 heteroatoms. The van der Waals surface area contributed by atoms with Gasteiger partial charge in [-0.05, 0) is 48.5 Å². The third-order valence-electron chi connectivity index (χ3n) is 3.11. The number of rotatable bonds is 7. The van der Waals surface area contributed by atoms with Crippen LogP contribution in [0.4, 0.5) is 11.4 Å². The molecule has 0 aliphatic heterocycles. The van der Waals surface area contributed by atoms with E-state index in [1.807, 2.05) is 0 Å². The highest BCUT2D eigenvalue weighted by Gasteiger charge is 2.13. The molecular formula is C18H18N2O6. The van der Waals surface area contributed by atoms with Crippen molar-refractivity contribution in [3.05, 3.63) is 48.5 Å². The average molecular weight is 358 g/mol. The summed E-state index contributed by atoms with van der Waals surface area (Å²) in [4.78, 5) is 34.8. The van der Waals surface area contributed by atoms with E-state index < -0.39 is 24.5 Å². The lowest BCUT2D eigenvalue weighted by atomic mass is 10.3. The molecule has 0 heterocycles. The van der Waals surface area contributed by atoms with E-state index in [0.717, 1.165) is 0 Å². The number of esters is 3. The SMILES string of the molecule is Nc1ccc(OC(=O)CCC(=O)OCC(=O)Oc2ccc(N)cc2)cc1. The standard InChI is InChI=1S/C18H18N2O6/c19-12-1-5-14(6-2-12)25-17(22)10-9-16(21)24-11-18(23)26-15-7-3-13(20)4-8-15/h1-8H,9-11,19-20H2. The van der Waals surface area contributed by atoms with Crippen LogP contribution in [0.3, 0.4) is 0 Å². The Kier molecular flexibility index (Phi) is 6.55. The Balaban J connectivity index is 1.66. The van der Waals surface area contributed by atoms with Gasteiger partial charge in [-0.1, -0.05) is 0 Å². The summed E-state index contributed by atoms with van der Waals surface area (Å²) in [6.45, 7) is -0.559. The predicted molar refractivity (Wildman–Crippen MR) is 93.2 cm³/mol. The zero-order valence-electron chi connectivity index (χ0n) is 13.8. The largest absolute Gasteiger partial charge is 0.454 e. The Morgan fingerprint density at radius 1 is 0.654 bits per heavy atom. The minimum absolute atomic E-state index is 0.184. The lowest BCUT2D eigenvalue weighted by Gasteiger charge is -2.06. The summed E-state index contributed by atoms with van der Waals surface area (Å²) in [5, 5.41) is 0. The maximum absolute atomic E-state index is 11.6. The Bertz CT molecular complexity index is 706. The van der Waals surface area contributed by atoms with Crippen LogP contribution in [-0.2, 0) is 19.1 Å². The predicted octanol–water partition coefficient (Wildman–Crippen LogP) is 1.69. The molecule has 0 aromatic heterocycles. The summed E-state index contributed by atoms with van der Waals surface area (Å²) in [6, 6.07) is 12.4. The monoisotopic (exact) mass is 358 g/mol. The van der Waals surface area contributed by atoms with Crippen molar-refractivity contribution in [1.82, 2.24) is 0 Å². The molecule has 0 amide bonds. The van der Waals surface area contributed by atoms with Crippen LogP contribution in [0.15, 0.2) is 48.5 Å². The van der Waals surface area contributed by atoms with Gasteiger partial charge in [0.25, 0.3) is 0 Å². The number of hydrogen-bond acceptors (Lipinski definition) is 8. The third kappa shape index (κ3) is 6.52. The van der Waals surface area contributed by atoms with Crippen molar-refractivity contribution in [3.8, 4) is 11.5 Å². The van der Waals surface area contributed by atoms with Gasteiger partial charge in [-0.3, -0.25) is 9.59 Å². The van der Waals surface area contributed by atoms with E-state index in [-0.39, 0.29) is 18.6 Å². The van der Waals surface area contributed by atoms with Crippen molar-refractivity contribution in [2.24, 2.45) is 0 Å². The second kappa shape index (κ2) is 9.07. The number of carbonyl (C=O) groups excluding carboxylic acids is 3. The normalized spacial score (nSPS) is 10.0. The Labute approximate surface area is 149 Å². The van der Waals surface area contributed by atoms with Crippen molar-refractivity contribution in [1.29, 1.82) is 0 Å². The Morgan fingerprint density at radius 3 is 1.58 bits per heavy atom. The van der Waals surface area contributed by atoms with Gasteiger partial charge in [0.05, 0.1) is 12.8 Å². The van der Waals surface area contributed by atoms with Gasteiger partial charge < -0.3 is 25.7 Å². The van der Waals surface area contributed by atoms with Crippen molar-refractivity contribution >= 4 is 29.3 Å². The second-order valence-corrected chi connectivity index (χ2v) is 5.25. The number of ether oxygens (including phenoxy) is 3. The van der Waals surface area contributed by atoms with Gasteiger partial charge >= 0.3 is 17.9 Å². The van der Waals surface area contributed by atoms with Gasteiger partial charge in [-0.15, -0.1) is 0 Å². The van der Waals surface area contributed by atoms with Crippen LogP contribution in [0.25, 0.3) is 0 Å². The van der Waals surface area contributed by atoms with Crippen molar-refractivity contribution in [2.75, 3.05) is 18.1 Å². The zero-order chi connectivity index (χ0) is 18.9. The van der Waals surface area contributed by atoms with E-state index >= 15 is 0 Å². The van der Waals surface area contributed by atoms with Crippen LogP contribution < -0.4 is 20.9 Å². The fourth-order valence-corrected chi connectivity index (χ4v) is 1.83. The number of carbonyl (C=O) groups is 3. The summed E-state index contributed by atoms with van der Waals surface area (Å²) in [5.41, 5.74) is 12.1. The van der Waals surface area contributed by atoms with Crippen LogP contribution in [0, 0.1) is 0 Å². The molecule has 0 fully saturated rings. The number of nitrogen functional groups attached to an aromatic ring is 2. The Morgan fingerprint density at radius 2 is 1.08 bits per heavy atom. The molecule has 26 heavy (non-hydrogen) atoms. The molecule has 136 valence electrons. The van der Waals surface area contributed by atoms with E-state index in [9.17, 15) is 14.4 Å². The van der Waals surface area contributed by atoms with Gasteiger partial charge in [0.15, 0.2) is 6.61 Å². The van der Waals surface area contributed by atoms with Gasteiger partial charge in [-0.25, -0.2) is 4.79 Å². The number of anilines is 2. The molecule has 8 nitrogen and oxygen atoms in total. The van der Waals surface area contributed by atoms with Crippen molar-refractivity contribution < 1.29 is 28.6 Å². The fraction of sp³-hybridized carbons (Fsp3) is 0.167. The van der Waals surface area contributed by atoms with Gasteiger partial charge in [0, 0.05) is 11.4 Å². The van der Waals surface area contributed by atoms with Gasteiger partial charge in [0.1, 0.15) is 11.5 Å². The van der Waals surface area contributed by atoms with Crippen LogP contribution in [0.2, 0.25) is 0 Å². The average Bonchev–Trinajstić information content (AvgIpc) is 2.62. The number of benzene rings is 2. The topological polar surface area (TPSA) is 131 Å². The van der Waals surface area contributed by atoms with E-state index in [4.69, 9.17) is 25.7 Å². The van der Waals surface area contributed by atoms with Crippen molar-refractivity contribution in [3.63, 3.8) is 0 Å². The quantitative estimate of drug-likeness (QED) is 0.434. The summed E-state index contributed by atoms with van der Waals surface area (Å²) >= 11 is 0. The first-order chi connectivity index (χ1) is 12.4. The minimum atomic E-state index is -0.743. The van der Waals surface area contributed by atoms with Gasteiger partial charge in [-0.2, -0.15) is 0 Å². The highest BCUT2D eigenvalue weighted by Crippen LogP contribution is 2.14. The first-order valence-corrected chi connectivity index (χ1v) is 7.70. The molecule has 0 unspecified atom stereocenters. The van der Waals surface area contributed by atoms with E-state index in [1.54, 1.807) is 36.4 Å². The highest BCUT2D eigenvalue weighted by atomic mass is 16.6. The molecule has 0 atom stereocenters. The van der Waals surface area contributed by atoms with Crippen molar-refractivity contribution in [2.45, 2.75) is 12.8 Å². The third-order valence-corrected chi connectivity index (χ3v) is 3.11. The molecule has 0 saturated heterocycles. The summed E-state index contributed by atoms with van der Waals surface area (Å²) in [6.07, 6.45) is -0.404. The van der Waals surface area contributed by atoms with Crippen LogP contribution >= 0.6 is 0 Å². The first-order valence-electron chi connectivity index (χ1n) is 7.70. The van der Waals surface area contributed by atoms with E-state index in [1.165, 1.54) is 12.1 Å². The summed E-state index contributed by atoms with van der Waals surface area (Å²) < 4.78 is 14.7. The smallest absolute Gasteiger partial charge is 0.349 e. The van der Waals surface area contributed by atoms with Crippen LogP contribution in [0.5, 0.6) is 11.5 Å². The molecule has 0 saturated carbocycles. The van der Waals surface area contributed by atoms with E-state index in [2.05, 4.69) is 0 Å². The maximum atomic E-state index is 11.6. The minimum Gasteiger partial charge on any atom is -0.454 e. The van der Waals surface area contributed by atoms with Gasteiger partial charge in [0.2, 0.25) is 0 Å². The van der Waals surface area contributed by atoms with E-state index in [0.29, 0.717) is 17.1 Å². The molecule has 0 bridgehead atoms. The first kappa shape index (κ1) is 18.8. The van der Waals surface area contributed by atoms with Crippen LogP contribution in [0.1, 0.15) is 12.8 Å². The zero-order valence-corrected chi connectivity index (χ0v) is 13.8. The second-order valence-electron chi connectivity index (χ2n) is 5.25. The number of nitrogens with two attached hydrogens (primary N) is 2. The molecular weight excluding hydrogens is 340 g/mol. The molecule has 0 spiro atoms. The molecule has 2 rings (SSSR count).